The summed E-state index contributed by atoms with van der Waals surface area (Å²) in [5.74, 6) is 0.719. The summed E-state index contributed by atoms with van der Waals surface area (Å²) in [6, 6.07) is 0. The van der Waals surface area contributed by atoms with Crippen molar-refractivity contribution in [2.24, 2.45) is 0 Å². The largest absolute Gasteiger partial charge is 0.379 e. The highest BCUT2D eigenvalue weighted by atomic mass is 16.5. The summed E-state index contributed by atoms with van der Waals surface area (Å²) in [5.41, 5.74) is -0.137. The van der Waals surface area contributed by atoms with Crippen LogP contribution in [0.2, 0.25) is 0 Å². The average molecular weight is 295 g/mol. The zero-order valence-electron chi connectivity index (χ0n) is 13.1. The van der Waals surface area contributed by atoms with E-state index < -0.39 is 0 Å². The van der Waals surface area contributed by atoms with Gasteiger partial charge in [0.15, 0.2) is 0 Å². The number of nitrogens with zero attached hydrogens (tertiary/aromatic N) is 3. The number of rotatable bonds is 5. The second kappa shape index (κ2) is 7.00. The molecule has 0 aromatic carbocycles. The molecule has 0 spiro atoms. The Labute approximate surface area is 125 Å². The van der Waals surface area contributed by atoms with E-state index in [1.54, 1.807) is 0 Å². The Morgan fingerprint density at radius 2 is 2.10 bits per heavy atom. The first-order valence-corrected chi connectivity index (χ1v) is 7.48. The van der Waals surface area contributed by atoms with Crippen molar-refractivity contribution in [2.75, 3.05) is 39.4 Å². The van der Waals surface area contributed by atoms with Gasteiger partial charge in [0.1, 0.15) is 5.82 Å². The highest BCUT2D eigenvalue weighted by Crippen LogP contribution is 2.17. The quantitative estimate of drug-likeness (QED) is 0.775. The molecule has 0 aliphatic carbocycles. The van der Waals surface area contributed by atoms with Crippen LogP contribution in [0.1, 0.15) is 43.6 Å². The number of ether oxygens (including phenoxy) is 1. The molecule has 7 nitrogen and oxygen atoms in total. The van der Waals surface area contributed by atoms with Gasteiger partial charge in [-0.3, -0.25) is 14.8 Å². The number of carbonyl (C=O) groups is 1. The number of aromatic nitrogens is 3. The summed E-state index contributed by atoms with van der Waals surface area (Å²) in [4.78, 5) is 18.5. The fourth-order valence-corrected chi connectivity index (χ4v) is 2.11. The summed E-state index contributed by atoms with van der Waals surface area (Å²) in [7, 11) is 0. The molecular weight excluding hydrogens is 270 g/mol. The van der Waals surface area contributed by atoms with Crippen LogP contribution in [0.5, 0.6) is 0 Å². The van der Waals surface area contributed by atoms with Crippen molar-refractivity contribution in [3.63, 3.8) is 0 Å². The molecule has 0 saturated carbocycles. The fourth-order valence-electron chi connectivity index (χ4n) is 2.11. The van der Waals surface area contributed by atoms with Crippen molar-refractivity contribution >= 4 is 5.91 Å². The monoisotopic (exact) mass is 295 g/mol. The highest BCUT2D eigenvalue weighted by Gasteiger charge is 2.21. The molecule has 1 aromatic rings. The van der Waals surface area contributed by atoms with Crippen LogP contribution in [0, 0.1) is 0 Å². The number of H-pyrrole nitrogens is 1. The third-order valence-corrected chi connectivity index (χ3v) is 3.44. The van der Waals surface area contributed by atoms with Crippen molar-refractivity contribution < 1.29 is 9.53 Å². The Balaban J connectivity index is 1.70. The van der Waals surface area contributed by atoms with E-state index >= 15 is 0 Å². The van der Waals surface area contributed by atoms with Crippen LogP contribution in [-0.4, -0.2) is 65.4 Å². The minimum atomic E-state index is -0.219. The maximum Gasteiger partial charge on any atom is 0.290 e. The van der Waals surface area contributed by atoms with E-state index in [2.05, 4.69) is 25.4 Å². The predicted molar refractivity (Wildman–Crippen MR) is 79.3 cm³/mol. The van der Waals surface area contributed by atoms with E-state index in [0.717, 1.165) is 45.1 Å². The van der Waals surface area contributed by atoms with Crippen molar-refractivity contribution in [1.29, 1.82) is 0 Å². The zero-order valence-corrected chi connectivity index (χ0v) is 13.1. The lowest BCUT2D eigenvalue weighted by Crippen LogP contribution is -2.38. The van der Waals surface area contributed by atoms with Crippen LogP contribution in [-0.2, 0) is 10.2 Å². The van der Waals surface area contributed by atoms with E-state index in [9.17, 15) is 4.79 Å². The normalized spacial score (nSPS) is 16.9. The first-order chi connectivity index (χ1) is 9.97. The van der Waals surface area contributed by atoms with Crippen LogP contribution in [0.25, 0.3) is 0 Å². The third kappa shape index (κ3) is 4.78. The lowest BCUT2D eigenvalue weighted by Gasteiger charge is -2.26. The van der Waals surface area contributed by atoms with Crippen molar-refractivity contribution in [3.05, 3.63) is 11.6 Å². The van der Waals surface area contributed by atoms with E-state index in [0.29, 0.717) is 6.54 Å². The Bertz CT molecular complexity index is 460. The maximum atomic E-state index is 11.9. The molecule has 0 atom stereocenters. The van der Waals surface area contributed by atoms with Gasteiger partial charge in [0, 0.05) is 25.0 Å². The summed E-state index contributed by atoms with van der Waals surface area (Å²) in [6.07, 6.45) is 0.919. The van der Waals surface area contributed by atoms with E-state index in [1.807, 2.05) is 20.8 Å². The number of aromatic amines is 1. The molecule has 21 heavy (non-hydrogen) atoms. The van der Waals surface area contributed by atoms with Gasteiger partial charge in [0.25, 0.3) is 5.91 Å². The van der Waals surface area contributed by atoms with E-state index in [4.69, 9.17) is 4.74 Å². The molecule has 1 aliphatic heterocycles. The number of carbonyl (C=O) groups excluding carboxylic acids is 1. The molecule has 2 rings (SSSR count). The standard InChI is InChI=1S/C14H25N5O2/c1-14(2,3)13-16-11(17-18-13)12(20)15-5-4-6-19-7-9-21-10-8-19/h4-10H2,1-3H3,(H,15,20)(H,16,17,18). The van der Waals surface area contributed by atoms with Gasteiger partial charge in [0.2, 0.25) is 5.82 Å². The van der Waals surface area contributed by atoms with Crippen LogP contribution >= 0.6 is 0 Å². The van der Waals surface area contributed by atoms with Crippen LogP contribution in [0.3, 0.4) is 0 Å². The molecule has 1 fully saturated rings. The van der Waals surface area contributed by atoms with Gasteiger partial charge in [-0.05, 0) is 13.0 Å². The van der Waals surface area contributed by atoms with Crippen molar-refractivity contribution in [2.45, 2.75) is 32.6 Å². The Kier molecular flexibility index (Phi) is 5.30. The second-order valence-corrected chi connectivity index (χ2v) is 6.32. The van der Waals surface area contributed by atoms with Gasteiger partial charge in [-0.1, -0.05) is 20.8 Å². The molecule has 1 amide bonds. The molecule has 118 valence electrons. The summed E-state index contributed by atoms with van der Waals surface area (Å²) >= 11 is 0. The lowest BCUT2D eigenvalue weighted by molar-refractivity contribution is 0.0374. The Hall–Kier alpha value is -1.47. The molecule has 7 heteroatoms. The van der Waals surface area contributed by atoms with Gasteiger partial charge in [0.05, 0.1) is 13.2 Å². The molecule has 2 N–H and O–H groups in total. The summed E-state index contributed by atoms with van der Waals surface area (Å²) < 4.78 is 5.30. The number of hydrogen-bond acceptors (Lipinski definition) is 5. The fraction of sp³-hybridized carbons (Fsp3) is 0.786. The Morgan fingerprint density at radius 3 is 2.71 bits per heavy atom. The molecule has 1 aliphatic rings. The molecule has 1 aromatic heterocycles. The van der Waals surface area contributed by atoms with Gasteiger partial charge in [-0.2, -0.15) is 0 Å². The summed E-state index contributed by atoms with van der Waals surface area (Å²) in [5, 5.41) is 9.66. The minimum absolute atomic E-state index is 0.137. The number of morpholine rings is 1. The predicted octanol–water partition coefficient (Wildman–Crippen LogP) is 0.554. The summed E-state index contributed by atoms with van der Waals surface area (Å²) in [6.45, 7) is 11.2. The molecule has 0 unspecified atom stereocenters. The second-order valence-electron chi connectivity index (χ2n) is 6.32. The van der Waals surface area contributed by atoms with Crippen LogP contribution in [0.4, 0.5) is 0 Å². The average Bonchev–Trinajstić information content (AvgIpc) is 2.94. The molecule has 0 bridgehead atoms. The van der Waals surface area contributed by atoms with Gasteiger partial charge < -0.3 is 10.1 Å². The van der Waals surface area contributed by atoms with Gasteiger partial charge in [-0.15, -0.1) is 5.10 Å². The van der Waals surface area contributed by atoms with Crippen molar-refractivity contribution in [1.82, 2.24) is 25.4 Å². The molecule has 2 heterocycles. The van der Waals surface area contributed by atoms with E-state index in [1.165, 1.54) is 0 Å². The number of nitrogens with one attached hydrogen (secondary N) is 2. The van der Waals surface area contributed by atoms with Crippen LogP contribution in [0.15, 0.2) is 0 Å². The SMILES string of the molecule is CC(C)(C)c1nc(C(=O)NCCCN2CCOCC2)n[nH]1. The molecular formula is C14H25N5O2. The minimum Gasteiger partial charge on any atom is -0.379 e. The van der Waals surface area contributed by atoms with Gasteiger partial charge in [-0.25, -0.2) is 4.98 Å². The van der Waals surface area contributed by atoms with E-state index in [-0.39, 0.29) is 17.1 Å². The first kappa shape index (κ1) is 15.9. The third-order valence-electron chi connectivity index (χ3n) is 3.44. The van der Waals surface area contributed by atoms with Crippen LogP contribution < -0.4 is 5.32 Å². The zero-order chi connectivity index (χ0) is 15.3. The molecule has 1 saturated heterocycles. The maximum absolute atomic E-state index is 11.9. The molecule has 0 radical (unpaired) electrons. The highest BCUT2D eigenvalue weighted by molar-refractivity contribution is 5.90. The first-order valence-electron chi connectivity index (χ1n) is 7.48. The van der Waals surface area contributed by atoms with Gasteiger partial charge >= 0.3 is 0 Å². The number of hydrogen-bond donors (Lipinski definition) is 2. The topological polar surface area (TPSA) is 83.1 Å². The number of amides is 1. The Morgan fingerprint density at radius 1 is 1.38 bits per heavy atom. The lowest BCUT2D eigenvalue weighted by atomic mass is 9.96. The smallest absolute Gasteiger partial charge is 0.290 e. The van der Waals surface area contributed by atoms with Crippen molar-refractivity contribution in [3.8, 4) is 0 Å².